The normalized spacial score (nSPS) is 2.50. The summed E-state index contributed by atoms with van der Waals surface area (Å²) >= 11 is 1.62. The Labute approximate surface area is 62.7 Å². The molecule has 0 saturated heterocycles. The molecule has 0 N–H and O–H groups in total. The molecule has 0 aliphatic carbocycles. The van der Waals surface area contributed by atoms with Crippen molar-refractivity contribution in [2.45, 2.75) is 0 Å². The van der Waals surface area contributed by atoms with Crippen molar-refractivity contribution in [3.8, 4) is 0 Å². The van der Waals surface area contributed by atoms with Crippen LogP contribution in [0, 0.1) is 0 Å². The van der Waals surface area contributed by atoms with Crippen LogP contribution >= 0.6 is 17.5 Å². The Bertz CT molecular complexity index is 8.00. The average Bonchev–Trinajstić information content (AvgIpc) is 1.50. The molecular weight excluding hydrogens is 386 g/mol. The summed E-state index contributed by atoms with van der Waals surface area (Å²) in [5.41, 5.74) is 0. The van der Waals surface area contributed by atoms with Crippen LogP contribution in [0.1, 0.15) is 0 Å². The van der Waals surface area contributed by atoms with Crippen molar-refractivity contribution in [3.63, 3.8) is 0 Å². The molecule has 0 amide bonds. The molecule has 20 valence electrons. The van der Waals surface area contributed by atoms with Gasteiger partial charge in [0.2, 0.25) is 0 Å². The first-order chi connectivity index (χ1) is 2.00. The van der Waals surface area contributed by atoms with Crippen molar-refractivity contribution < 1.29 is 23.7 Å². The van der Waals surface area contributed by atoms with Crippen LogP contribution in [0.5, 0.6) is 0 Å². The fourth-order valence-corrected chi connectivity index (χ4v) is 0. The number of hydrogen-bond donors (Lipinski definition) is 0. The third kappa shape index (κ3) is 8.87. The summed E-state index contributed by atoms with van der Waals surface area (Å²) in [5.74, 6) is 0. The van der Waals surface area contributed by atoms with E-state index >= 15 is 0 Å². The van der Waals surface area contributed by atoms with Crippen LogP contribution in [0.25, 0.3) is 0 Å². The molecule has 0 nitrogen and oxygen atoms in total. The summed E-state index contributed by atoms with van der Waals surface area (Å²) in [4.78, 5) is 0. The molecule has 0 fully saturated rings. The average molecular weight is 387 g/mol. The molecule has 0 heterocycles. The van der Waals surface area contributed by atoms with Crippen molar-refractivity contribution in [2.24, 2.45) is 0 Å². The Morgan fingerprint density at radius 3 is 1.25 bits per heavy atom. The van der Waals surface area contributed by atoms with E-state index in [-0.39, 0.29) is 0 Å². The van der Waals surface area contributed by atoms with E-state index in [2.05, 4.69) is 17.5 Å². The Balaban J connectivity index is 0. The second-order valence-corrected chi connectivity index (χ2v) is 0. The predicted octanol–water partition coefficient (Wildman–Crippen LogP) is 0.645. The van der Waals surface area contributed by atoms with Crippen molar-refractivity contribution in [1.82, 2.24) is 0 Å². The number of rotatable bonds is 0. The van der Waals surface area contributed by atoms with Crippen LogP contribution in [0.2, 0.25) is 0 Å². The molecule has 0 rings (SSSR count). The van der Waals surface area contributed by atoms with E-state index in [1.807, 2.05) is 0 Å². The summed E-state index contributed by atoms with van der Waals surface area (Å²) in [6, 6.07) is 0. The van der Waals surface area contributed by atoms with Gasteiger partial charge in [-0.2, -0.15) is 0 Å². The van der Waals surface area contributed by atoms with Gasteiger partial charge in [-0.05, 0) is 0 Å². The molecule has 0 aromatic heterocycles. The van der Waals surface area contributed by atoms with E-state index in [0.717, 1.165) is 46.4 Å². The summed E-state index contributed by atoms with van der Waals surface area (Å²) in [6.45, 7) is 0. The van der Waals surface area contributed by atoms with Crippen LogP contribution in [0.15, 0.2) is 0 Å². The summed E-state index contributed by atoms with van der Waals surface area (Å²) in [5, 5.41) is 0. The van der Waals surface area contributed by atoms with E-state index in [9.17, 15) is 0 Å². The van der Waals surface area contributed by atoms with E-state index in [0.29, 0.717) is 0 Å². The predicted molar refractivity (Wildman–Crippen MR) is 22.3 cm³/mol. The van der Waals surface area contributed by atoms with Crippen molar-refractivity contribution in [3.05, 3.63) is 0 Å². The van der Waals surface area contributed by atoms with Gasteiger partial charge in [0, 0.05) is 0 Å². The van der Waals surface area contributed by atoms with Crippen LogP contribution in [-0.2, 0) is 23.7 Å². The molecule has 0 saturated carbocycles. The zero-order valence-corrected chi connectivity index (χ0v) is 11.6. The van der Waals surface area contributed by atoms with Crippen LogP contribution in [-0.4, -0.2) is 22.7 Å². The van der Waals surface area contributed by atoms with Gasteiger partial charge < -0.3 is 0 Å². The topological polar surface area (TPSA) is 0 Å². The molecule has 4 heavy (non-hydrogen) atoms. The SMILES string of the molecule is [S]=[BiH].[S]=[Cd]. The maximum absolute atomic E-state index is 4.25. The first-order valence-corrected chi connectivity index (χ1v) is 11.2. The number of hydrogen-bond acceptors (Lipinski definition) is 2. The quantitative estimate of drug-likeness (QED) is 0.561. The van der Waals surface area contributed by atoms with Gasteiger partial charge in [-0.15, -0.1) is 0 Å². The summed E-state index contributed by atoms with van der Waals surface area (Å²) < 4.78 is 0. The van der Waals surface area contributed by atoms with Crippen molar-refractivity contribution >= 4 is 40.2 Å². The van der Waals surface area contributed by atoms with Crippen LogP contribution in [0.4, 0.5) is 0 Å². The molecule has 0 aliphatic rings. The molecule has 0 aromatic rings. The molecule has 0 unspecified atom stereocenters. The first kappa shape index (κ1) is 9.53. The standard InChI is InChI=1S/Bi.Cd.2S.H. The maximum atomic E-state index is 4.25. The van der Waals surface area contributed by atoms with Crippen molar-refractivity contribution in [1.29, 1.82) is 0 Å². The molecule has 0 spiro atoms. The van der Waals surface area contributed by atoms with E-state index in [1.165, 1.54) is 0 Å². The Morgan fingerprint density at radius 1 is 1.25 bits per heavy atom. The minimum atomic E-state index is 0.733. The fraction of sp³-hybridized carbons (Fsp3) is 0. The van der Waals surface area contributed by atoms with Gasteiger partial charge >= 0.3 is 63.9 Å². The summed E-state index contributed by atoms with van der Waals surface area (Å²) in [7, 11) is 8.48. The third-order valence-electron chi connectivity index (χ3n) is 0. The Hall–Kier alpha value is 2.25. The van der Waals surface area contributed by atoms with Gasteiger partial charge in [-0.25, -0.2) is 0 Å². The molecule has 0 radical (unpaired) electrons. The monoisotopic (exact) mass is 388 g/mol. The second-order valence-electron chi connectivity index (χ2n) is 0. The van der Waals surface area contributed by atoms with Gasteiger partial charge in [0.05, 0.1) is 0 Å². The molecule has 0 aliphatic heterocycles. The van der Waals surface area contributed by atoms with Gasteiger partial charge in [0.15, 0.2) is 0 Å². The molecule has 0 atom stereocenters. The van der Waals surface area contributed by atoms with E-state index < -0.39 is 0 Å². The molecule has 4 heteroatoms. The fourth-order valence-electron chi connectivity index (χ4n) is 0. The van der Waals surface area contributed by atoms with Crippen LogP contribution in [0.3, 0.4) is 0 Å². The first-order valence-electron chi connectivity index (χ1n) is 0.493. The third-order valence-corrected chi connectivity index (χ3v) is 0. The van der Waals surface area contributed by atoms with Crippen molar-refractivity contribution in [2.75, 3.05) is 0 Å². The zero-order valence-electron chi connectivity index (χ0n) is 2.02. The molecule has 0 aromatic carbocycles. The van der Waals surface area contributed by atoms with Crippen LogP contribution < -0.4 is 0 Å². The summed E-state index contributed by atoms with van der Waals surface area (Å²) in [6.07, 6.45) is 0. The van der Waals surface area contributed by atoms with E-state index in [1.54, 1.807) is 0 Å². The van der Waals surface area contributed by atoms with Gasteiger partial charge in [-0.3, -0.25) is 0 Å². The Kier molecular flexibility index (Phi) is 44.7. The Morgan fingerprint density at radius 2 is 1.25 bits per heavy atom. The minimum absolute atomic E-state index is 0.733. The van der Waals surface area contributed by atoms with E-state index in [4.69, 9.17) is 0 Å². The van der Waals surface area contributed by atoms with Gasteiger partial charge in [-0.1, -0.05) is 0 Å². The van der Waals surface area contributed by atoms with Gasteiger partial charge in [0.1, 0.15) is 0 Å². The second kappa shape index (κ2) is 18.8. The molecular formula is HBiCdS2. The molecule has 0 bridgehead atoms. The van der Waals surface area contributed by atoms with Gasteiger partial charge in [0.25, 0.3) is 0 Å². The zero-order chi connectivity index (χ0) is 4.00.